The maximum atomic E-state index is 6.14. The number of nitrogens with zero attached hydrogens (tertiary/aromatic N) is 2. The van der Waals surface area contributed by atoms with Crippen LogP contribution in [-0.4, -0.2) is 9.97 Å². The molecule has 0 unspecified atom stereocenters. The molecule has 3 nitrogen and oxygen atoms in total. The molecule has 218 valence electrons. The van der Waals surface area contributed by atoms with Crippen LogP contribution < -0.4 is 0 Å². The summed E-state index contributed by atoms with van der Waals surface area (Å²) in [6.45, 7) is 0. The van der Waals surface area contributed by atoms with Gasteiger partial charge in [0.25, 0.3) is 0 Å². The summed E-state index contributed by atoms with van der Waals surface area (Å²) in [6, 6.07) is 55.6. The zero-order valence-electron chi connectivity index (χ0n) is 25.3. The monoisotopic (exact) mass is 598 g/mol. The summed E-state index contributed by atoms with van der Waals surface area (Å²) in [6.07, 6.45) is 0. The van der Waals surface area contributed by atoms with E-state index in [9.17, 15) is 0 Å². The molecule has 0 fully saturated rings. The Morgan fingerprint density at radius 2 is 0.915 bits per heavy atom. The van der Waals surface area contributed by atoms with Crippen LogP contribution in [-0.2, 0) is 0 Å². The van der Waals surface area contributed by atoms with Crippen LogP contribution >= 0.6 is 0 Å². The maximum Gasteiger partial charge on any atom is 0.136 e. The first-order valence-corrected chi connectivity index (χ1v) is 15.9. The molecule has 0 spiro atoms. The molecular formula is C44H26N2O. The Balaban J connectivity index is 1.07. The van der Waals surface area contributed by atoms with Gasteiger partial charge in [-0.25, -0.2) is 9.97 Å². The van der Waals surface area contributed by atoms with Crippen molar-refractivity contribution in [2.24, 2.45) is 0 Å². The second-order valence-corrected chi connectivity index (χ2v) is 12.2. The molecule has 47 heavy (non-hydrogen) atoms. The van der Waals surface area contributed by atoms with E-state index in [1.165, 1.54) is 21.5 Å². The van der Waals surface area contributed by atoms with Crippen LogP contribution in [0, 0.1) is 0 Å². The Morgan fingerprint density at radius 3 is 1.72 bits per heavy atom. The summed E-state index contributed by atoms with van der Waals surface area (Å²) >= 11 is 0. The van der Waals surface area contributed by atoms with Crippen LogP contribution in [0.2, 0.25) is 0 Å². The molecule has 0 aliphatic heterocycles. The summed E-state index contributed by atoms with van der Waals surface area (Å²) in [5.41, 5.74) is 9.96. The number of hydrogen-bond donors (Lipinski definition) is 0. The predicted octanol–water partition coefficient (Wildman–Crippen LogP) is 12.0. The smallest absolute Gasteiger partial charge is 0.136 e. The number of hydrogen-bond acceptors (Lipinski definition) is 3. The number of rotatable bonds is 3. The number of pyridine rings is 2. The highest BCUT2D eigenvalue weighted by Crippen LogP contribution is 2.37. The second-order valence-electron chi connectivity index (χ2n) is 12.2. The number of fused-ring (bicyclic) bond motifs is 9. The van der Waals surface area contributed by atoms with E-state index >= 15 is 0 Å². The summed E-state index contributed by atoms with van der Waals surface area (Å²) in [5, 5.41) is 9.34. The number of furan rings is 1. The molecule has 0 atom stereocenters. The Hall–Kier alpha value is -6.32. The molecule has 0 N–H and O–H groups in total. The maximum absolute atomic E-state index is 6.14. The van der Waals surface area contributed by atoms with Gasteiger partial charge < -0.3 is 4.42 Å². The van der Waals surface area contributed by atoms with Gasteiger partial charge in [-0.05, 0) is 69.1 Å². The molecule has 10 aromatic rings. The second kappa shape index (κ2) is 10.1. The molecule has 0 saturated heterocycles. The van der Waals surface area contributed by atoms with Crippen molar-refractivity contribution in [2.45, 2.75) is 0 Å². The van der Waals surface area contributed by atoms with Crippen molar-refractivity contribution in [3.05, 3.63) is 158 Å². The molecule has 0 aliphatic carbocycles. The average molecular weight is 599 g/mol. The zero-order valence-corrected chi connectivity index (χ0v) is 25.3. The summed E-state index contributed by atoms with van der Waals surface area (Å²) in [7, 11) is 0. The first kappa shape index (κ1) is 26.0. The van der Waals surface area contributed by atoms with Crippen LogP contribution in [0.25, 0.3) is 98.9 Å². The van der Waals surface area contributed by atoms with Crippen molar-refractivity contribution >= 4 is 65.3 Å². The SMILES string of the molecule is c1ccc2c(c1)cc(-c1ccc3ccc4ccc(-c5ccc(-c6ccc7c(c6)oc6ccccc67)cc5)nc4c3n1)c1ccccc12. The lowest BCUT2D eigenvalue weighted by Crippen LogP contribution is -1.92. The normalized spacial score (nSPS) is 11.8. The fourth-order valence-electron chi connectivity index (χ4n) is 7.08. The van der Waals surface area contributed by atoms with Gasteiger partial charge in [0.15, 0.2) is 0 Å². The molecule has 0 bridgehead atoms. The molecule has 10 rings (SSSR count). The van der Waals surface area contributed by atoms with Gasteiger partial charge in [0.05, 0.1) is 22.4 Å². The summed E-state index contributed by atoms with van der Waals surface area (Å²) < 4.78 is 6.14. The minimum Gasteiger partial charge on any atom is -0.456 e. The number of aromatic nitrogens is 2. The Kier molecular flexibility index (Phi) is 5.57. The fourth-order valence-corrected chi connectivity index (χ4v) is 7.08. The predicted molar refractivity (Wildman–Crippen MR) is 196 cm³/mol. The highest BCUT2D eigenvalue weighted by Gasteiger charge is 2.13. The first-order chi connectivity index (χ1) is 23.3. The quantitative estimate of drug-likeness (QED) is 0.190. The van der Waals surface area contributed by atoms with Gasteiger partial charge in [-0.3, -0.25) is 0 Å². The molecule has 3 heterocycles. The molecular weight excluding hydrogens is 572 g/mol. The van der Waals surface area contributed by atoms with E-state index in [1.54, 1.807) is 0 Å². The largest absolute Gasteiger partial charge is 0.456 e. The van der Waals surface area contributed by atoms with E-state index < -0.39 is 0 Å². The lowest BCUT2D eigenvalue weighted by atomic mass is 9.95. The van der Waals surface area contributed by atoms with Crippen molar-refractivity contribution in [3.8, 4) is 33.6 Å². The van der Waals surface area contributed by atoms with E-state index in [0.29, 0.717) is 0 Å². The van der Waals surface area contributed by atoms with Gasteiger partial charge in [-0.2, -0.15) is 0 Å². The van der Waals surface area contributed by atoms with Crippen molar-refractivity contribution in [2.75, 3.05) is 0 Å². The van der Waals surface area contributed by atoms with E-state index in [1.807, 2.05) is 12.1 Å². The average Bonchev–Trinajstić information content (AvgIpc) is 3.52. The van der Waals surface area contributed by atoms with Crippen LogP contribution in [0.1, 0.15) is 0 Å². The number of para-hydroxylation sites is 1. The minimum absolute atomic E-state index is 0.902. The highest BCUT2D eigenvalue weighted by atomic mass is 16.3. The van der Waals surface area contributed by atoms with E-state index in [0.717, 1.165) is 77.4 Å². The van der Waals surface area contributed by atoms with E-state index in [-0.39, 0.29) is 0 Å². The van der Waals surface area contributed by atoms with E-state index in [4.69, 9.17) is 14.4 Å². The van der Waals surface area contributed by atoms with Gasteiger partial charge in [-0.15, -0.1) is 0 Å². The van der Waals surface area contributed by atoms with Crippen LogP contribution in [0.3, 0.4) is 0 Å². The number of benzene rings is 7. The molecule has 7 aromatic carbocycles. The highest BCUT2D eigenvalue weighted by molar-refractivity contribution is 6.14. The van der Waals surface area contributed by atoms with Gasteiger partial charge in [0, 0.05) is 32.7 Å². The molecule has 0 amide bonds. The molecule has 0 radical (unpaired) electrons. The van der Waals surface area contributed by atoms with Gasteiger partial charge in [0.1, 0.15) is 11.2 Å². The molecule has 0 aliphatic rings. The van der Waals surface area contributed by atoms with Crippen LogP contribution in [0.4, 0.5) is 0 Å². The summed E-state index contributed by atoms with van der Waals surface area (Å²) in [4.78, 5) is 10.5. The Morgan fingerprint density at radius 1 is 0.340 bits per heavy atom. The first-order valence-electron chi connectivity index (χ1n) is 15.9. The molecule has 0 saturated carbocycles. The minimum atomic E-state index is 0.902. The standard InChI is InChI=1S/C44H26N2O/c1-2-8-33-32(7-1)25-38(35-10-4-3-9-34(33)35)40-24-21-30-18-17-29-20-23-39(45-43(29)44(30)46-40)28-15-13-27(14-16-28)31-19-22-37-36-11-5-6-12-41(36)47-42(37)26-31/h1-26H. The lowest BCUT2D eigenvalue weighted by Gasteiger charge is -2.12. The van der Waals surface area contributed by atoms with Crippen molar-refractivity contribution < 1.29 is 4.42 Å². The molecule has 3 heteroatoms. The van der Waals surface area contributed by atoms with Crippen LogP contribution in [0.5, 0.6) is 0 Å². The van der Waals surface area contributed by atoms with Crippen molar-refractivity contribution in [1.82, 2.24) is 9.97 Å². The van der Waals surface area contributed by atoms with Gasteiger partial charge >= 0.3 is 0 Å². The fraction of sp³-hybridized carbons (Fsp3) is 0. The third kappa shape index (κ3) is 4.14. The Labute approximate surface area is 270 Å². The zero-order chi connectivity index (χ0) is 30.9. The van der Waals surface area contributed by atoms with Crippen LogP contribution in [0.15, 0.2) is 162 Å². The third-order valence-corrected chi connectivity index (χ3v) is 9.46. The topological polar surface area (TPSA) is 38.9 Å². The molecule has 3 aromatic heterocycles. The Bertz CT molecular complexity index is 2850. The summed E-state index contributed by atoms with van der Waals surface area (Å²) in [5.74, 6) is 0. The third-order valence-electron chi connectivity index (χ3n) is 9.46. The van der Waals surface area contributed by atoms with Gasteiger partial charge in [0.2, 0.25) is 0 Å². The van der Waals surface area contributed by atoms with E-state index in [2.05, 4.69) is 146 Å². The van der Waals surface area contributed by atoms with Gasteiger partial charge in [-0.1, -0.05) is 121 Å². The van der Waals surface area contributed by atoms with Crippen molar-refractivity contribution in [3.63, 3.8) is 0 Å². The van der Waals surface area contributed by atoms with Crippen molar-refractivity contribution in [1.29, 1.82) is 0 Å². The lowest BCUT2D eigenvalue weighted by molar-refractivity contribution is 0.669.